The first-order valence-corrected chi connectivity index (χ1v) is 8.53. The minimum absolute atomic E-state index is 0.978. The molecular formula is C10H15BrOSi. The molecule has 1 nitrogen and oxygen atoms in total. The van der Waals surface area contributed by atoms with Crippen LogP contribution in [-0.4, -0.2) is 8.32 Å². The molecule has 1 aromatic rings. The SMILES string of the molecule is Cc1cc(Br)cc(O[Si](C)(C)C)c1. The highest BCUT2D eigenvalue weighted by Crippen LogP contribution is 2.23. The summed E-state index contributed by atoms with van der Waals surface area (Å²) in [6.45, 7) is 8.62. The van der Waals surface area contributed by atoms with Crippen LogP contribution in [0.1, 0.15) is 5.56 Å². The van der Waals surface area contributed by atoms with Gasteiger partial charge in [-0.05, 0) is 50.3 Å². The molecule has 72 valence electrons. The van der Waals surface area contributed by atoms with Gasteiger partial charge >= 0.3 is 0 Å². The lowest BCUT2D eigenvalue weighted by atomic mass is 10.2. The summed E-state index contributed by atoms with van der Waals surface area (Å²) in [4.78, 5) is 0. The van der Waals surface area contributed by atoms with Crippen molar-refractivity contribution in [2.75, 3.05) is 0 Å². The van der Waals surface area contributed by atoms with E-state index in [9.17, 15) is 0 Å². The van der Waals surface area contributed by atoms with E-state index in [0.717, 1.165) is 10.2 Å². The highest BCUT2D eigenvalue weighted by Gasteiger charge is 2.16. The zero-order valence-corrected chi connectivity index (χ0v) is 11.1. The monoisotopic (exact) mass is 258 g/mol. The molecule has 0 radical (unpaired) electrons. The molecule has 0 unspecified atom stereocenters. The van der Waals surface area contributed by atoms with Crippen LogP contribution < -0.4 is 4.43 Å². The van der Waals surface area contributed by atoms with E-state index in [4.69, 9.17) is 4.43 Å². The maximum absolute atomic E-state index is 5.87. The van der Waals surface area contributed by atoms with E-state index in [1.165, 1.54) is 5.56 Å². The predicted octanol–water partition coefficient (Wildman–Crippen LogP) is 3.97. The third-order valence-corrected chi connectivity index (χ3v) is 2.75. The second-order valence-corrected chi connectivity index (χ2v) is 9.52. The van der Waals surface area contributed by atoms with Crippen molar-refractivity contribution in [1.82, 2.24) is 0 Å². The molecule has 1 aromatic carbocycles. The fraction of sp³-hybridized carbons (Fsp3) is 0.400. The normalized spacial score (nSPS) is 11.5. The topological polar surface area (TPSA) is 9.23 Å². The molecule has 0 aliphatic carbocycles. The van der Waals surface area contributed by atoms with E-state index in [1.54, 1.807) is 0 Å². The first kappa shape index (κ1) is 10.8. The van der Waals surface area contributed by atoms with Gasteiger partial charge in [0.25, 0.3) is 0 Å². The van der Waals surface area contributed by atoms with Crippen LogP contribution in [0.15, 0.2) is 22.7 Å². The van der Waals surface area contributed by atoms with E-state index >= 15 is 0 Å². The molecule has 0 spiro atoms. The Kier molecular flexibility index (Phi) is 3.19. The summed E-state index contributed by atoms with van der Waals surface area (Å²) < 4.78 is 6.96. The molecule has 13 heavy (non-hydrogen) atoms. The molecule has 0 heterocycles. The number of hydrogen-bond acceptors (Lipinski definition) is 1. The highest BCUT2D eigenvalue weighted by molar-refractivity contribution is 9.10. The summed E-state index contributed by atoms with van der Waals surface area (Å²) in [7, 11) is -1.46. The number of benzene rings is 1. The molecule has 0 aliphatic rings. The van der Waals surface area contributed by atoms with E-state index in [-0.39, 0.29) is 0 Å². The van der Waals surface area contributed by atoms with Crippen molar-refractivity contribution in [3.63, 3.8) is 0 Å². The largest absolute Gasteiger partial charge is 0.544 e. The Hall–Kier alpha value is -0.283. The summed E-state index contributed by atoms with van der Waals surface area (Å²) in [5.74, 6) is 0.978. The summed E-state index contributed by atoms with van der Waals surface area (Å²) >= 11 is 3.46. The van der Waals surface area contributed by atoms with Gasteiger partial charge in [0.2, 0.25) is 8.32 Å². The molecule has 0 aromatic heterocycles. The number of halogens is 1. The van der Waals surface area contributed by atoms with Gasteiger partial charge in [-0.15, -0.1) is 0 Å². The maximum Gasteiger partial charge on any atom is 0.242 e. The van der Waals surface area contributed by atoms with Crippen molar-refractivity contribution < 1.29 is 4.43 Å². The smallest absolute Gasteiger partial charge is 0.242 e. The van der Waals surface area contributed by atoms with Crippen molar-refractivity contribution in [2.45, 2.75) is 26.6 Å². The molecule has 0 N–H and O–H groups in total. The Labute approximate surface area is 89.4 Å². The van der Waals surface area contributed by atoms with Crippen molar-refractivity contribution in [1.29, 1.82) is 0 Å². The van der Waals surface area contributed by atoms with Gasteiger partial charge in [-0.2, -0.15) is 0 Å². The fourth-order valence-electron chi connectivity index (χ4n) is 1.12. The van der Waals surface area contributed by atoms with E-state index in [1.807, 2.05) is 6.07 Å². The van der Waals surface area contributed by atoms with Crippen LogP contribution in [0, 0.1) is 6.92 Å². The van der Waals surface area contributed by atoms with Crippen molar-refractivity contribution >= 4 is 24.2 Å². The number of hydrogen-bond donors (Lipinski definition) is 0. The minimum atomic E-state index is -1.46. The Morgan fingerprint density at radius 3 is 2.23 bits per heavy atom. The zero-order valence-electron chi connectivity index (χ0n) is 8.52. The predicted molar refractivity (Wildman–Crippen MR) is 62.9 cm³/mol. The lowest BCUT2D eigenvalue weighted by molar-refractivity contribution is 0.557. The van der Waals surface area contributed by atoms with Crippen molar-refractivity contribution in [2.24, 2.45) is 0 Å². The van der Waals surface area contributed by atoms with Crippen LogP contribution in [0.4, 0.5) is 0 Å². The molecule has 0 atom stereocenters. The van der Waals surface area contributed by atoms with Gasteiger partial charge in [0.15, 0.2) is 0 Å². The Balaban J connectivity index is 2.90. The fourth-order valence-corrected chi connectivity index (χ4v) is 2.53. The van der Waals surface area contributed by atoms with E-state index in [0.29, 0.717) is 0 Å². The van der Waals surface area contributed by atoms with Crippen LogP contribution in [0.5, 0.6) is 5.75 Å². The quantitative estimate of drug-likeness (QED) is 0.730. The molecule has 3 heteroatoms. The summed E-state index contributed by atoms with van der Waals surface area (Å²) in [6.07, 6.45) is 0. The van der Waals surface area contributed by atoms with E-state index in [2.05, 4.69) is 54.6 Å². The van der Waals surface area contributed by atoms with Crippen LogP contribution in [-0.2, 0) is 0 Å². The van der Waals surface area contributed by atoms with Crippen LogP contribution in [0.2, 0.25) is 19.6 Å². The zero-order chi connectivity index (χ0) is 10.1. The maximum atomic E-state index is 5.87. The van der Waals surface area contributed by atoms with Crippen LogP contribution in [0.25, 0.3) is 0 Å². The van der Waals surface area contributed by atoms with Crippen molar-refractivity contribution in [3.05, 3.63) is 28.2 Å². The molecular weight excluding hydrogens is 244 g/mol. The minimum Gasteiger partial charge on any atom is -0.544 e. The van der Waals surface area contributed by atoms with Gasteiger partial charge in [-0.25, -0.2) is 0 Å². The number of aryl methyl sites for hydroxylation is 1. The first-order valence-electron chi connectivity index (χ1n) is 4.33. The third-order valence-electron chi connectivity index (χ3n) is 1.44. The summed E-state index contributed by atoms with van der Waals surface area (Å²) in [5.41, 5.74) is 1.22. The average molecular weight is 259 g/mol. The standard InChI is InChI=1S/C10H15BrOSi/c1-8-5-9(11)7-10(6-8)12-13(2,3)4/h5-7H,1-4H3. The molecule has 0 fully saturated rings. The average Bonchev–Trinajstić information content (AvgIpc) is 1.78. The third kappa shape index (κ3) is 3.96. The molecule has 0 amide bonds. The Morgan fingerprint density at radius 1 is 1.15 bits per heavy atom. The second kappa shape index (κ2) is 3.84. The van der Waals surface area contributed by atoms with Gasteiger partial charge < -0.3 is 4.43 Å². The second-order valence-electron chi connectivity index (χ2n) is 4.18. The molecule has 1 rings (SSSR count). The van der Waals surface area contributed by atoms with Crippen molar-refractivity contribution in [3.8, 4) is 5.75 Å². The van der Waals surface area contributed by atoms with Gasteiger partial charge in [-0.3, -0.25) is 0 Å². The summed E-state index contributed by atoms with van der Waals surface area (Å²) in [5, 5.41) is 0. The molecule has 0 saturated heterocycles. The number of rotatable bonds is 2. The van der Waals surface area contributed by atoms with Gasteiger partial charge in [0.1, 0.15) is 5.75 Å². The highest BCUT2D eigenvalue weighted by atomic mass is 79.9. The Bertz CT molecular complexity index is 284. The molecule has 0 bridgehead atoms. The van der Waals surface area contributed by atoms with Crippen LogP contribution >= 0.6 is 15.9 Å². The first-order chi connectivity index (χ1) is 5.87. The van der Waals surface area contributed by atoms with Gasteiger partial charge in [0, 0.05) is 4.47 Å². The molecule has 0 aliphatic heterocycles. The summed E-state index contributed by atoms with van der Waals surface area (Å²) in [6, 6.07) is 6.17. The Morgan fingerprint density at radius 2 is 1.77 bits per heavy atom. The lowest BCUT2D eigenvalue weighted by Gasteiger charge is -2.19. The lowest BCUT2D eigenvalue weighted by Crippen LogP contribution is -2.29. The van der Waals surface area contributed by atoms with Crippen LogP contribution in [0.3, 0.4) is 0 Å². The molecule has 0 saturated carbocycles. The van der Waals surface area contributed by atoms with E-state index < -0.39 is 8.32 Å². The van der Waals surface area contributed by atoms with Gasteiger partial charge in [-0.1, -0.05) is 15.9 Å². The van der Waals surface area contributed by atoms with Gasteiger partial charge in [0.05, 0.1) is 0 Å².